The van der Waals surface area contributed by atoms with Crippen LogP contribution in [0.15, 0.2) is 0 Å². The van der Waals surface area contributed by atoms with Crippen LogP contribution in [0.3, 0.4) is 0 Å². The lowest BCUT2D eigenvalue weighted by Crippen LogP contribution is -2.68. The van der Waals surface area contributed by atoms with Gasteiger partial charge in [0.25, 0.3) is 0 Å². The van der Waals surface area contributed by atoms with E-state index in [1.807, 2.05) is 0 Å². The van der Waals surface area contributed by atoms with Gasteiger partial charge in [-0.05, 0) is 55.4 Å². The SMILES string of the molecule is CCOP(=O)(CC(=O)[C@H]1[C@@H](C(=O)OC)N(C(=O)OC(C)(C)C)CCN1C(=O)OC(C)(C)C)OCC. The van der Waals surface area contributed by atoms with E-state index in [1.54, 1.807) is 55.4 Å². The summed E-state index contributed by atoms with van der Waals surface area (Å²) in [5, 5.41) is 0. The monoisotopic (exact) mass is 522 g/mol. The number of hydrogen-bond acceptors (Lipinski definition) is 10. The van der Waals surface area contributed by atoms with Crippen molar-refractivity contribution in [2.24, 2.45) is 0 Å². The van der Waals surface area contributed by atoms with E-state index in [0.29, 0.717) is 0 Å². The Morgan fingerprint density at radius 1 is 0.800 bits per heavy atom. The Hall–Kier alpha value is -2.17. The second-order valence-electron chi connectivity index (χ2n) is 9.83. The van der Waals surface area contributed by atoms with E-state index in [9.17, 15) is 23.7 Å². The van der Waals surface area contributed by atoms with Gasteiger partial charge in [-0.1, -0.05) is 0 Å². The highest BCUT2D eigenvalue weighted by molar-refractivity contribution is 7.54. The number of amides is 2. The predicted octanol–water partition coefficient (Wildman–Crippen LogP) is 3.22. The molecule has 1 heterocycles. The fourth-order valence-electron chi connectivity index (χ4n) is 3.42. The predicted molar refractivity (Wildman–Crippen MR) is 126 cm³/mol. The molecule has 0 aromatic heterocycles. The molecule has 1 aliphatic heterocycles. The molecule has 0 saturated carbocycles. The zero-order valence-corrected chi connectivity index (χ0v) is 23.0. The van der Waals surface area contributed by atoms with Gasteiger partial charge in [0.2, 0.25) is 0 Å². The molecule has 0 aliphatic carbocycles. The first-order valence-corrected chi connectivity index (χ1v) is 13.2. The third kappa shape index (κ3) is 9.09. The van der Waals surface area contributed by atoms with E-state index in [2.05, 4.69) is 0 Å². The number of methoxy groups -OCH3 is 1. The number of carbonyl (C=O) groups is 4. The Bertz CT molecular complexity index is 823. The van der Waals surface area contributed by atoms with Crippen LogP contribution in [0.2, 0.25) is 0 Å². The molecule has 2 amide bonds. The first-order valence-electron chi connectivity index (χ1n) is 11.5. The van der Waals surface area contributed by atoms with Crippen LogP contribution in [0.4, 0.5) is 9.59 Å². The molecule has 0 unspecified atom stereocenters. The molecular formula is C22H39N2O10P. The summed E-state index contributed by atoms with van der Waals surface area (Å²) < 4.78 is 39.3. The smallest absolute Gasteiger partial charge is 0.411 e. The maximum Gasteiger partial charge on any atom is 0.411 e. The number of esters is 1. The number of rotatable bonds is 8. The van der Waals surface area contributed by atoms with Crippen molar-refractivity contribution < 1.29 is 47.0 Å². The highest BCUT2D eigenvalue weighted by Gasteiger charge is 2.52. The second kappa shape index (κ2) is 12.2. The molecule has 0 bridgehead atoms. The molecule has 0 aromatic carbocycles. The zero-order chi connectivity index (χ0) is 27.2. The van der Waals surface area contributed by atoms with Crippen molar-refractivity contribution in [1.82, 2.24) is 9.80 Å². The highest BCUT2D eigenvalue weighted by atomic mass is 31.2. The van der Waals surface area contributed by atoms with Crippen LogP contribution in [-0.2, 0) is 37.4 Å². The second-order valence-corrected chi connectivity index (χ2v) is 11.9. The summed E-state index contributed by atoms with van der Waals surface area (Å²) >= 11 is 0. The standard InChI is InChI=1S/C22H39N2O10P/c1-10-31-35(29,32-11-2)14-15(25)16-17(18(26)30-9)24(20(28)34-22(6,7)8)13-12-23(16)19(27)33-21(3,4)5/h16-17H,10-14H2,1-9H3/t16-,17-/m0/s1. The lowest BCUT2D eigenvalue weighted by Gasteiger charge is -2.45. The average molecular weight is 523 g/mol. The third-order valence-electron chi connectivity index (χ3n) is 4.58. The van der Waals surface area contributed by atoms with E-state index in [4.69, 9.17) is 23.3 Å². The normalized spacial score (nSPS) is 19.2. The Labute approximate surface area is 207 Å². The number of ketones is 1. The van der Waals surface area contributed by atoms with E-state index in [-0.39, 0.29) is 26.3 Å². The molecule has 0 radical (unpaired) electrons. The van der Waals surface area contributed by atoms with Crippen molar-refractivity contribution in [2.45, 2.75) is 78.7 Å². The molecule has 1 rings (SSSR count). The molecule has 1 fully saturated rings. The van der Waals surface area contributed by atoms with Gasteiger partial charge in [0.15, 0.2) is 11.8 Å². The number of hydrogen-bond donors (Lipinski definition) is 0. The van der Waals surface area contributed by atoms with Crippen molar-refractivity contribution in [2.75, 3.05) is 39.6 Å². The highest BCUT2D eigenvalue weighted by Crippen LogP contribution is 2.48. The Morgan fingerprint density at radius 3 is 1.54 bits per heavy atom. The topological polar surface area (TPSA) is 138 Å². The van der Waals surface area contributed by atoms with Crippen molar-refractivity contribution in [1.29, 1.82) is 0 Å². The summed E-state index contributed by atoms with van der Waals surface area (Å²) in [6.07, 6.45) is -2.47. The summed E-state index contributed by atoms with van der Waals surface area (Å²) in [5.41, 5.74) is -1.79. The van der Waals surface area contributed by atoms with Crippen LogP contribution in [0, 0.1) is 0 Å². The molecule has 2 atom stereocenters. The summed E-state index contributed by atoms with van der Waals surface area (Å²) in [7, 11) is -2.81. The van der Waals surface area contributed by atoms with Crippen LogP contribution in [-0.4, -0.2) is 96.6 Å². The van der Waals surface area contributed by atoms with Gasteiger partial charge in [0.1, 0.15) is 23.4 Å². The van der Waals surface area contributed by atoms with E-state index < -0.39 is 61.0 Å². The van der Waals surface area contributed by atoms with Crippen molar-refractivity contribution in [3.63, 3.8) is 0 Å². The molecule has 1 saturated heterocycles. The van der Waals surface area contributed by atoms with E-state index >= 15 is 0 Å². The van der Waals surface area contributed by atoms with Crippen LogP contribution < -0.4 is 0 Å². The summed E-state index contributed by atoms with van der Waals surface area (Å²) in [4.78, 5) is 54.5. The van der Waals surface area contributed by atoms with Gasteiger partial charge in [0.05, 0.1) is 20.3 Å². The summed E-state index contributed by atoms with van der Waals surface area (Å²) in [6.45, 7) is 12.8. The zero-order valence-electron chi connectivity index (χ0n) is 22.1. The number of carbonyl (C=O) groups excluding carboxylic acids is 4. The molecular weight excluding hydrogens is 483 g/mol. The lowest BCUT2D eigenvalue weighted by molar-refractivity contribution is -0.155. The van der Waals surface area contributed by atoms with Gasteiger partial charge in [-0.3, -0.25) is 19.2 Å². The van der Waals surface area contributed by atoms with Gasteiger partial charge in [0, 0.05) is 13.1 Å². The molecule has 0 spiro atoms. The molecule has 1 aliphatic rings. The molecule has 0 N–H and O–H groups in total. The average Bonchev–Trinajstić information content (AvgIpc) is 2.69. The molecule has 0 aromatic rings. The maximum absolute atomic E-state index is 13.6. The number of Topliss-reactive ketones (excluding diaryl/α,β-unsaturated/α-hetero) is 1. The molecule has 35 heavy (non-hydrogen) atoms. The summed E-state index contributed by atoms with van der Waals surface area (Å²) in [5.74, 6) is -1.77. The fraction of sp³-hybridized carbons (Fsp3) is 0.818. The number of nitrogens with zero attached hydrogens (tertiary/aromatic N) is 2. The van der Waals surface area contributed by atoms with E-state index in [1.165, 1.54) is 0 Å². The van der Waals surface area contributed by atoms with Crippen LogP contribution in [0.1, 0.15) is 55.4 Å². The lowest BCUT2D eigenvalue weighted by atomic mass is 9.98. The summed E-state index contributed by atoms with van der Waals surface area (Å²) in [6, 6.07) is -3.15. The van der Waals surface area contributed by atoms with Crippen LogP contribution in [0.25, 0.3) is 0 Å². The first kappa shape index (κ1) is 30.9. The third-order valence-corrected chi connectivity index (χ3v) is 6.58. The van der Waals surface area contributed by atoms with Crippen LogP contribution >= 0.6 is 7.60 Å². The Kier molecular flexibility index (Phi) is 10.7. The quantitative estimate of drug-likeness (QED) is 0.265. The first-order chi connectivity index (χ1) is 16.0. The van der Waals surface area contributed by atoms with Gasteiger partial charge in [-0.2, -0.15) is 0 Å². The van der Waals surface area contributed by atoms with Crippen molar-refractivity contribution >= 4 is 31.5 Å². The van der Waals surface area contributed by atoms with Gasteiger partial charge in [-0.15, -0.1) is 0 Å². The fourth-order valence-corrected chi connectivity index (χ4v) is 5.03. The van der Waals surface area contributed by atoms with Gasteiger partial charge in [-0.25, -0.2) is 14.4 Å². The molecule has 12 nitrogen and oxygen atoms in total. The Morgan fingerprint density at radius 2 is 1.20 bits per heavy atom. The minimum atomic E-state index is -3.90. The van der Waals surface area contributed by atoms with Gasteiger partial charge < -0.3 is 23.3 Å². The maximum atomic E-state index is 13.6. The van der Waals surface area contributed by atoms with E-state index in [0.717, 1.165) is 16.9 Å². The molecule has 202 valence electrons. The largest absolute Gasteiger partial charge is 0.467 e. The van der Waals surface area contributed by atoms with Crippen molar-refractivity contribution in [3.8, 4) is 0 Å². The van der Waals surface area contributed by atoms with Gasteiger partial charge >= 0.3 is 25.8 Å². The Balaban J connectivity index is 3.54. The van der Waals surface area contributed by atoms with Crippen molar-refractivity contribution in [3.05, 3.63) is 0 Å². The number of ether oxygens (including phenoxy) is 3. The number of piperazine rings is 1. The minimum absolute atomic E-state index is 0.00939. The van der Waals surface area contributed by atoms with Crippen LogP contribution in [0.5, 0.6) is 0 Å². The molecule has 13 heteroatoms. The minimum Gasteiger partial charge on any atom is -0.467 e.